The van der Waals surface area contributed by atoms with Crippen molar-refractivity contribution in [2.75, 3.05) is 0 Å². The molecule has 0 aromatic heterocycles. The van der Waals surface area contributed by atoms with Gasteiger partial charge in [-0.05, 0) is 0 Å². The number of fused-ring (bicyclic) bond motifs is 1. The molecule has 3 heteroatoms. The van der Waals surface area contributed by atoms with Crippen molar-refractivity contribution >= 4 is 10.8 Å². The summed E-state index contributed by atoms with van der Waals surface area (Å²) in [6.45, 7) is 13.1. The molecule has 3 aromatic carbocycles. The maximum atomic E-state index is 2.20. The first kappa shape index (κ1) is 25.8. The van der Waals surface area contributed by atoms with Crippen LogP contribution < -0.4 is 48.0 Å². The Hall–Kier alpha value is 0.523. The van der Waals surface area contributed by atoms with Crippen LogP contribution in [0.15, 0.2) is 36.4 Å². The molecule has 0 saturated carbocycles. The molecule has 0 bridgehead atoms. The predicted molar refractivity (Wildman–Crippen MR) is 90.0 cm³/mol. The molecule has 122 valence electrons. The first-order valence-corrected chi connectivity index (χ1v) is 7.23. The van der Waals surface area contributed by atoms with Gasteiger partial charge in [0.25, 0.3) is 0 Å². The summed E-state index contributed by atoms with van der Waals surface area (Å²) in [4.78, 5) is 0. The molecule has 0 aliphatic carbocycles. The third-order valence-corrected chi connectivity index (χ3v) is 4.57. The van der Waals surface area contributed by atoms with Gasteiger partial charge in [0, 0.05) is 0 Å². The zero-order chi connectivity index (χ0) is 14.9. The molecule has 0 N–H and O–H groups in total. The van der Waals surface area contributed by atoms with E-state index in [4.69, 9.17) is 0 Å². The SMILES string of the molecule is Cc1c(C)c(C)[c-](C)c1C.Cc1cc2ccccc2[cH-]1.[I-].[I-].[Zr+4]. The van der Waals surface area contributed by atoms with Crippen molar-refractivity contribution in [3.63, 3.8) is 0 Å². The summed E-state index contributed by atoms with van der Waals surface area (Å²) in [6, 6.07) is 12.8. The fourth-order valence-corrected chi connectivity index (χ4v) is 2.71. The van der Waals surface area contributed by atoms with Gasteiger partial charge < -0.3 is 48.0 Å². The van der Waals surface area contributed by atoms with E-state index in [1.165, 1.54) is 44.2 Å². The Bertz CT molecular complexity index is 622. The fourth-order valence-electron chi connectivity index (χ4n) is 2.71. The predicted octanol–water partition coefficient (Wildman–Crippen LogP) is -0.180. The first-order valence-electron chi connectivity index (χ1n) is 7.23. The molecule has 0 heterocycles. The summed E-state index contributed by atoms with van der Waals surface area (Å²) in [5.41, 5.74) is 8.69. The van der Waals surface area contributed by atoms with Crippen molar-refractivity contribution in [1.29, 1.82) is 0 Å². The van der Waals surface area contributed by atoms with E-state index in [0.717, 1.165) is 0 Å². The maximum absolute atomic E-state index is 2.20. The third kappa shape index (κ3) is 6.07. The largest absolute Gasteiger partial charge is 4.00 e. The summed E-state index contributed by atoms with van der Waals surface area (Å²) >= 11 is 0. The molecule has 0 fully saturated rings. The maximum Gasteiger partial charge on any atom is 4.00 e. The zero-order valence-electron chi connectivity index (χ0n) is 14.7. The van der Waals surface area contributed by atoms with Crippen LogP contribution in [0.1, 0.15) is 33.4 Å². The van der Waals surface area contributed by atoms with Gasteiger partial charge in [-0.25, -0.2) is 0 Å². The summed E-state index contributed by atoms with van der Waals surface area (Å²) in [5, 5.41) is 2.69. The Kier molecular flexibility index (Phi) is 12.5. The van der Waals surface area contributed by atoms with Crippen LogP contribution in [0.3, 0.4) is 0 Å². The second-order valence-electron chi connectivity index (χ2n) is 5.79. The van der Waals surface area contributed by atoms with Crippen molar-refractivity contribution in [1.82, 2.24) is 0 Å². The molecule has 0 unspecified atom stereocenters. The summed E-state index contributed by atoms with van der Waals surface area (Å²) < 4.78 is 0. The number of rotatable bonds is 0. The van der Waals surface area contributed by atoms with Crippen LogP contribution in [0.5, 0.6) is 0 Å². The van der Waals surface area contributed by atoms with Crippen LogP contribution in [-0.4, -0.2) is 0 Å². The minimum absolute atomic E-state index is 0. The smallest absolute Gasteiger partial charge is 1.00 e. The molecular formula is C20H24I2Zr. The van der Waals surface area contributed by atoms with E-state index >= 15 is 0 Å². The van der Waals surface area contributed by atoms with E-state index in [0.29, 0.717) is 0 Å². The van der Waals surface area contributed by atoms with Crippen LogP contribution in [0.25, 0.3) is 10.8 Å². The van der Waals surface area contributed by atoms with Crippen molar-refractivity contribution < 1.29 is 74.2 Å². The molecule has 0 aliphatic rings. The molecule has 3 aromatic rings. The second-order valence-corrected chi connectivity index (χ2v) is 5.79. The van der Waals surface area contributed by atoms with Crippen LogP contribution in [0, 0.1) is 41.5 Å². The average Bonchev–Trinajstić information content (AvgIpc) is 2.89. The summed E-state index contributed by atoms with van der Waals surface area (Å²) in [6.07, 6.45) is 0. The molecule has 0 nitrogen and oxygen atoms in total. The molecule has 0 atom stereocenters. The van der Waals surface area contributed by atoms with E-state index in [1.54, 1.807) is 0 Å². The normalized spacial score (nSPS) is 9.13. The van der Waals surface area contributed by atoms with Gasteiger partial charge in [-0.2, -0.15) is 33.9 Å². The number of halogens is 2. The Morgan fingerprint density at radius 3 is 1.70 bits per heavy atom. The van der Waals surface area contributed by atoms with Gasteiger partial charge in [-0.15, -0.1) is 40.6 Å². The summed E-state index contributed by atoms with van der Waals surface area (Å²) in [5.74, 6) is 0. The standard InChI is InChI=1S/C10H9.C10H15.2HI.Zr/c1-8-6-9-4-2-3-5-10(9)7-8;1-6-7(2)9(4)10(5)8(6)3;;;/h2-7H,1H3;1-5H3;2*1H;/q2*-1;;;+4/p-2. The minimum Gasteiger partial charge on any atom is -1.00 e. The van der Waals surface area contributed by atoms with E-state index < -0.39 is 0 Å². The Morgan fingerprint density at radius 2 is 1.30 bits per heavy atom. The quantitative estimate of drug-likeness (QED) is 0.245. The van der Waals surface area contributed by atoms with Crippen molar-refractivity contribution in [2.45, 2.75) is 41.5 Å². The topological polar surface area (TPSA) is 0 Å². The summed E-state index contributed by atoms with van der Waals surface area (Å²) in [7, 11) is 0. The van der Waals surface area contributed by atoms with E-state index in [2.05, 4.69) is 77.9 Å². The molecular weight excluding hydrogens is 585 g/mol. The van der Waals surface area contributed by atoms with Crippen molar-refractivity contribution in [3.05, 3.63) is 69.8 Å². The second kappa shape index (κ2) is 11.2. The van der Waals surface area contributed by atoms with Crippen molar-refractivity contribution in [3.8, 4) is 0 Å². The Morgan fingerprint density at radius 1 is 0.826 bits per heavy atom. The Balaban J connectivity index is 0. The third-order valence-electron chi connectivity index (χ3n) is 4.57. The van der Waals surface area contributed by atoms with Crippen LogP contribution >= 0.6 is 0 Å². The van der Waals surface area contributed by atoms with Crippen LogP contribution in [-0.2, 0) is 26.2 Å². The van der Waals surface area contributed by atoms with Gasteiger partial charge in [-0.1, -0.05) is 47.6 Å². The number of hydrogen-bond acceptors (Lipinski definition) is 0. The molecule has 0 spiro atoms. The molecule has 3 rings (SSSR count). The molecule has 0 amide bonds. The zero-order valence-corrected chi connectivity index (χ0v) is 21.5. The van der Waals surface area contributed by atoms with E-state index in [1.807, 2.05) is 0 Å². The monoisotopic (exact) mass is 608 g/mol. The number of benzene rings is 1. The molecule has 0 saturated heterocycles. The van der Waals surface area contributed by atoms with Gasteiger partial charge in [0.2, 0.25) is 0 Å². The fraction of sp³-hybridized carbons (Fsp3) is 0.300. The number of hydrogen-bond donors (Lipinski definition) is 0. The van der Waals surface area contributed by atoms with Gasteiger partial charge in [-0.3, -0.25) is 0 Å². The van der Waals surface area contributed by atoms with Crippen molar-refractivity contribution in [2.24, 2.45) is 0 Å². The molecule has 23 heavy (non-hydrogen) atoms. The van der Waals surface area contributed by atoms with Crippen LogP contribution in [0.4, 0.5) is 0 Å². The van der Waals surface area contributed by atoms with Gasteiger partial charge in [0.1, 0.15) is 0 Å². The molecule has 0 aliphatic heterocycles. The number of aryl methyl sites for hydroxylation is 1. The van der Waals surface area contributed by atoms with E-state index in [9.17, 15) is 0 Å². The van der Waals surface area contributed by atoms with Gasteiger partial charge in [0.05, 0.1) is 0 Å². The van der Waals surface area contributed by atoms with Gasteiger partial charge in [0.15, 0.2) is 0 Å². The van der Waals surface area contributed by atoms with Gasteiger partial charge >= 0.3 is 26.2 Å². The minimum atomic E-state index is 0. The van der Waals surface area contributed by atoms with E-state index in [-0.39, 0.29) is 74.2 Å². The average molecular weight is 609 g/mol. The first-order chi connectivity index (χ1) is 9.41. The molecule has 0 radical (unpaired) electrons. The Labute approximate surface area is 194 Å². The van der Waals surface area contributed by atoms with Crippen LogP contribution in [0.2, 0.25) is 0 Å².